The third-order valence-corrected chi connectivity index (χ3v) is 3.81. The van der Waals surface area contributed by atoms with Crippen LogP contribution in [0.15, 0.2) is 43.9 Å². The lowest BCUT2D eigenvalue weighted by Crippen LogP contribution is -1.96. The van der Waals surface area contributed by atoms with Crippen LogP contribution in [-0.4, -0.2) is 4.98 Å². The molecule has 0 bridgehead atoms. The molecule has 2 aromatic rings. The summed E-state index contributed by atoms with van der Waals surface area (Å²) in [6, 6.07) is 8.01. The van der Waals surface area contributed by atoms with E-state index in [1.165, 1.54) is 0 Å². The van der Waals surface area contributed by atoms with Crippen LogP contribution in [0.3, 0.4) is 0 Å². The molecule has 0 unspecified atom stereocenters. The Morgan fingerprint density at radius 2 is 1.82 bits per heavy atom. The maximum Gasteiger partial charge on any atom is 0.133 e. The van der Waals surface area contributed by atoms with Gasteiger partial charge in [0.1, 0.15) is 5.82 Å². The van der Waals surface area contributed by atoms with Gasteiger partial charge in [-0.25, -0.2) is 4.98 Å². The lowest BCUT2D eigenvalue weighted by atomic mass is 10.2. The molecule has 0 spiro atoms. The maximum absolute atomic E-state index is 4.35. The van der Waals surface area contributed by atoms with Crippen LogP contribution in [0.2, 0.25) is 0 Å². The highest BCUT2D eigenvalue weighted by atomic mass is 79.9. The SMILES string of the molecule is Cc1cc(Br)cnc1Nc1ccc(Br)cc1Br. The third kappa shape index (κ3) is 3.30. The number of aromatic nitrogens is 1. The number of hydrogen-bond acceptors (Lipinski definition) is 2. The number of nitrogens with one attached hydrogen (secondary N) is 1. The van der Waals surface area contributed by atoms with Gasteiger partial charge in [0.05, 0.1) is 5.69 Å². The number of rotatable bonds is 2. The molecule has 0 saturated heterocycles. The molecule has 0 aliphatic heterocycles. The Hall–Kier alpha value is -0.390. The van der Waals surface area contributed by atoms with E-state index in [9.17, 15) is 0 Å². The standard InChI is InChI=1S/C12H9Br3N2/c1-7-4-9(14)6-16-12(7)17-11-3-2-8(13)5-10(11)15/h2-6H,1H3,(H,16,17). The molecule has 0 aliphatic rings. The topological polar surface area (TPSA) is 24.9 Å². The molecule has 0 atom stereocenters. The Labute approximate surface area is 125 Å². The van der Waals surface area contributed by atoms with Gasteiger partial charge in [0.25, 0.3) is 0 Å². The summed E-state index contributed by atoms with van der Waals surface area (Å²) in [6.07, 6.45) is 1.78. The van der Waals surface area contributed by atoms with Gasteiger partial charge in [-0.15, -0.1) is 0 Å². The van der Waals surface area contributed by atoms with E-state index in [1.54, 1.807) is 6.20 Å². The number of benzene rings is 1. The summed E-state index contributed by atoms with van der Waals surface area (Å²) in [6.45, 7) is 2.02. The second-order valence-electron chi connectivity index (χ2n) is 3.57. The number of halogens is 3. The fourth-order valence-corrected chi connectivity index (χ4v) is 2.98. The summed E-state index contributed by atoms with van der Waals surface area (Å²) < 4.78 is 3.02. The number of pyridine rings is 1. The van der Waals surface area contributed by atoms with Gasteiger partial charge in [-0.1, -0.05) is 15.9 Å². The zero-order valence-electron chi connectivity index (χ0n) is 8.97. The Morgan fingerprint density at radius 1 is 1.06 bits per heavy atom. The average Bonchev–Trinajstić information content (AvgIpc) is 2.25. The third-order valence-electron chi connectivity index (χ3n) is 2.23. The van der Waals surface area contributed by atoms with Gasteiger partial charge in [-0.05, 0) is 68.6 Å². The van der Waals surface area contributed by atoms with Gasteiger partial charge in [0.15, 0.2) is 0 Å². The molecule has 0 saturated carbocycles. The molecule has 0 aliphatic carbocycles. The van der Waals surface area contributed by atoms with Crippen LogP contribution in [0.4, 0.5) is 11.5 Å². The van der Waals surface area contributed by atoms with Crippen molar-refractivity contribution in [2.45, 2.75) is 6.92 Å². The monoisotopic (exact) mass is 418 g/mol. The van der Waals surface area contributed by atoms with E-state index in [4.69, 9.17) is 0 Å². The Balaban J connectivity index is 2.31. The molecular weight excluding hydrogens is 412 g/mol. The zero-order chi connectivity index (χ0) is 12.4. The molecule has 1 aromatic heterocycles. The Morgan fingerprint density at radius 3 is 2.47 bits per heavy atom. The Kier molecular flexibility index (Phi) is 4.22. The van der Waals surface area contributed by atoms with Gasteiger partial charge in [-0.2, -0.15) is 0 Å². The second kappa shape index (κ2) is 5.50. The van der Waals surface area contributed by atoms with Crippen molar-refractivity contribution in [1.29, 1.82) is 0 Å². The van der Waals surface area contributed by atoms with E-state index in [-0.39, 0.29) is 0 Å². The van der Waals surface area contributed by atoms with Gasteiger partial charge in [0, 0.05) is 19.6 Å². The van der Waals surface area contributed by atoms with Gasteiger partial charge >= 0.3 is 0 Å². The molecule has 1 aromatic carbocycles. The molecule has 0 amide bonds. The summed E-state index contributed by atoms with van der Waals surface area (Å²) in [5.74, 6) is 0.858. The number of hydrogen-bond donors (Lipinski definition) is 1. The molecule has 2 nitrogen and oxygen atoms in total. The van der Waals surface area contributed by atoms with Crippen molar-refractivity contribution in [1.82, 2.24) is 4.98 Å². The van der Waals surface area contributed by atoms with Crippen LogP contribution in [0, 0.1) is 6.92 Å². The van der Waals surface area contributed by atoms with E-state index < -0.39 is 0 Å². The largest absolute Gasteiger partial charge is 0.339 e. The summed E-state index contributed by atoms with van der Waals surface area (Å²) in [5.41, 5.74) is 2.08. The minimum absolute atomic E-state index is 0.858. The molecule has 17 heavy (non-hydrogen) atoms. The normalized spacial score (nSPS) is 10.4. The predicted molar refractivity (Wildman–Crippen MR) is 81.8 cm³/mol. The highest BCUT2D eigenvalue weighted by Crippen LogP contribution is 2.29. The van der Waals surface area contributed by atoms with Gasteiger partial charge in [-0.3, -0.25) is 0 Å². The average molecular weight is 421 g/mol. The fraction of sp³-hybridized carbons (Fsp3) is 0.0833. The van der Waals surface area contributed by atoms with E-state index in [1.807, 2.05) is 31.2 Å². The highest BCUT2D eigenvalue weighted by molar-refractivity contribution is 9.11. The quantitative estimate of drug-likeness (QED) is 0.701. The summed E-state index contributed by atoms with van der Waals surface area (Å²) in [7, 11) is 0. The van der Waals surface area contributed by atoms with Gasteiger partial charge in [0.2, 0.25) is 0 Å². The summed E-state index contributed by atoms with van der Waals surface area (Å²) in [4.78, 5) is 4.35. The van der Waals surface area contributed by atoms with E-state index in [0.717, 1.165) is 30.5 Å². The molecule has 2 rings (SSSR count). The lowest BCUT2D eigenvalue weighted by Gasteiger charge is -2.10. The van der Waals surface area contributed by atoms with Crippen LogP contribution in [0.25, 0.3) is 0 Å². The van der Waals surface area contributed by atoms with Crippen LogP contribution in [-0.2, 0) is 0 Å². The predicted octanol–water partition coefficient (Wildman–Crippen LogP) is 5.42. The molecule has 88 valence electrons. The minimum atomic E-state index is 0.858. The van der Waals surface area contributed by atoms with Crippen LogP contribution < -0.4 is 5.32 Å². The second-order valence-corrected chi connectivity index (χ2v) is 6.25. The van der Waals surface area contributed by atoms with Crippen LogP contribution in [0.1, 0.15) is 5.56 Å². The molecule has 5 heteroatoms. The van der Waals surface area contributed by atoms with Crippen molar-refractivity contribution >= 4 is 59.3 Å². The van der Waals surface area contributed by atoms with Crippen molar-refractivity contribution in [2.75, 3.05) is 5.32 Å². The van der Waals surface area contributed by atoms with E-state index in [2.05, 4.69) is 58.1 Å². The number of nitrogens with zero attached hydrogens (tertiary/aromatic N) is 1. The first-order valence-electron chi connectivity index (χ1n) is 4.90. The Bertz CT molecular complexity index is 506. The summed E-state index contributed by atoms with van der Waals surface area (Å²) >= 11 is 10.3. The van der Waals surface area contributed by atoms with Crippen LogP contribution in [0.5, 0.6) is 0 Å². The van der Waals surface area contributed by atoms with Crippen LogP contribution >= 0.6 is 47.8 Å². The number of anilines is 2. The molecule has 0 radical (unpaired) electrons. The van der Waals surface area contributed by atoms with Crippen molar-refractivity contribution in [3.05, 3.63) is 49.4 Å². The molecule has 1 N–H and O–H groups in total. The first-order chi connectivity index (χ1) is 8.06. The smallest absolute Gasteiger partial charge is 0.133 e. The van der Waals surface area contributed by atoms with Crippen molar-refractivity contribution in [2.24, 2.45) is 0 Å². The zero-order valence-corrected chi connectivity index (χ0v) is 13.7. The minimum Gasteiger partial charge on any atom is -0.339 e. The van der Waals surface area contributed by atoms with Crippen molar-refractivity contribution < 1.29 is 0 Å². The summed E-state index contributed by atoms with van der Waals surface area (Å²) in [5, 5.41) is 3.30. The van der Waals surface area contributed by atoms with E-state index in [0.29, 0.717) is 0 Å². The van der Waals surface area contributed by atoms with E-state index >= 15 is 0 Å². The maximum atomic E-state index is 4.35. The number of aryl methyl sites for hydroxylation is 1. The first kappa shape index (κ1) is 13.1. The molecular formula is C12H9Br3N2. The van der Waals surface area contributed by atoms with Gasteiger partial charge < -0.3 is 5.32 Å². The fourth-order valence-electron chi connectivity index (χ4n) is 1.39. The molecule has 1 heterocycles. The lowest BCUT2D eigenvalue weighted by molar-refractivity contribution is 1.24. The molecule has 0 fully saturated rings. The van der Waals surface area contributed by atoms with Crippen molar-refractivity contribution in [3.63, 3.8) is 0 Å². The van der Waals surface area contributed by atoms with Crippen molar-refractivity contribution in [3.8, 4) is 0 Å². The first-order valence-corrected chi connectivity index (χ1v) is 7.28. The highest BCUT2D eigenvalue weighted by Gasteiger charge is 2.04.